The van der Waals surface area contributed by atoms with Crippen molar-refractivity contribution >= 4 is 158 Å². The Kier molecular flexibility index (Phi) is 17.8. The predicted octanol–water partition coefficient (Wildman–Crippen LogP) is 35.7. The van der Waals surface area contributed by atoms with E-state index in [0.29, 0.717) is 74.0 Å². The Hall–Kier alpha value is -19.9. The van der Waals surface area contributed by atoms with Gasteiger partial charge in [0, 0.05) is 82.4 Å². The van der Waals surface area contributed by atoms with Gasteiger partial charge in [0.15, 0.2) is 46.5 Å². The second-order valence-electron chi connectivity index (χ2n) is 35.5. The predicted molar refractivity (Wildman–Crippen MR) is 595 cm³/mol. The molecule has 0 saturated carbocycles. The van der Waals surface area contributed by atoms with Crippen LogP contribution in [0.3, 0.4) is 0 Å². The summed E-state index contributed by atoms with van der Waals surface area (Å²) < 4.78 is 128. The lowest BCUT2D eigenvalue weighted by atomic mass is 9.92. The van der Waals surface area contributed by atoms with E-state index in [9.17, 15) is 6.85 Å². The molecule has 0 unspecified atom stereocenters. The van der Waals surface area contributed by atoms with Crippen LogP contribution in [0.15, 0.2) is 492 Å². The third-order valence-electron chi connectivity index (χ3n) is 26.9. The summed E-state index contributed by atoms with van der Waals surface area (Å²) in [5.74, 6) is 2.47. The summed E-state index contributed by atoms with van der Waals surface area (Å²) in [5.41, 5.74) is 12.2. The van der Waals surface area contributed by atoms with Crippen LogP contribution < -0.4 is 0 Å². The molecule has 6 aromatic heterocycles. The van der Waals surface area contributed by atoms with Gasteiger partial charge in [-0.05, 0) is 204 Å². The fraction of sp³-hybridized carbons (Fsp3) is 0. The van der Waals surface area contributed by atoms with E-state index in [0.717, 1.165) is 109 Å². The summed E-state index contributed by atoms with van der Waals surface area (Å²) >= 11 is 0. The molecule has 0 aliphatic heterocycles. The summed E-state index contributed by atoms with van der Waals surface area (Å²) in [7, 11) is 0. The zero-order chi connectivity index (χ0) is 106. The van der Waals surface area contributed by atoms with E-state index in [2.05, 4.69) is 120 Å². The van der Waals surface area contributed by atoms with Gasteiger partial charge in [-0.3, -0.25) is 0 Å². The Morgan fingerprint density at radius 3 is 0.938 bits per heavy atom. The van der Waals surface area contributed by atoms with Crippen LogP contribution in [-0.2, 0) is 0 Å². The lowest BCUT2D eigenvalue weighted by molar-refractivity contribution is 0.668. The SMILES string of the molecule is [2H]c1c(-c2ccc3c(ccc4ccccc43)c2)c([2H])c2c(oc3c([2H])c([2H])c([2H])c(-c4nc(-c5ccccc5)nc(-c5ccccc5)n4)c32)c1[2H].[2H]c1c(-c2ccc3c4ccccc4c4ccccc4c3c2)c([2H])c2c(oc3c([2H])c([2H])c([2H])c(-c4nc(-c5ccccc5)cc(-c5ccccc5)n4)c32)c1[2H].[C-]#[N+]c1cc(-c2nc(-c3ccccc3)nc(-c3ccccc3)n2)c2c(c1)oc1ccc(-c3ccc4c5ccccc5c5ccccc5c4c3)cc12. The molecule has 29 rings (SSSR count). The maximum Gasteiger partial charge on any atom is 0.191 e. The highest BCUT2D eigenvalue weighted by atomic mass is 16.3. The molecule has 23 aromatic carbocycles. The van der Waals surface area contributed by atoms with Crippen LogP contribution in [-0.4, -0.2) is 39.9 Å². The maximum atomic E-state index is 9.75. The minimum absolute atomic E-state index is 0.0597. The van der Waals surface area contributed by atoms with Gasteiger partial charge in [0.05, 0.1) is 34.4 Å². The molecule has 0 atom stereocenters. The first kappa shape index (κ1) is 72.5. The highest BCUT2D eigenvalue weighted by molar-refractivity contribution is 6.28. The lowest BCUT2D eigenvalue weighted by Crippen LogP contribution is -2.00. The van der Waals surface area contributed by atoms with Crippen molar-refractivity contribution in [1.82, 2.24) is 39.9 Å². The fourth-order valence-electron chi connectivity index (χ4n) is 20.1. The molecular formula is C133H79N9O3. The minimum atomic E-state index is -0.411. The Bertz CT molecular complexity index is 10900. The van der Waals surface area contributed by atoms with Crippen molar-refractivity contribution in [1.29, 1.82) is 0 Å². The van der Waals surface area contributed by atoms with Gasteiger partial charge >= 0.3 is 0 Å². The molecule has 6 heterocycles. The monoisotopic (exact) mass is 1860 g/mol. The molecule has 0 spiro atoms. The fourth-order valence-corrected chi connectivity index (χ4v) is 20.1. The summed E-state index contributed by atoms with van der Waals surface area (Å²) in [5, 5.41) is 20.4. The van der Waals surface area contributed by atoms with Gasteiger partial charge in [-0.15, -0.1) is 0 Å². The third kappa shape index (κ3) is 15.3. The highest BCUT2D eigenvalue weighted by Crippen LogP contribution is 2.48. The lowest BCUT2D eigenvalue weighted by Gasteiger charge is -2.12. The smallest absolute Gasteiger partial charge is 0.191 e. The van der Waals surface area contributed by atoms with E-state index in [1.807, 2.05) is 285 Å². The van der Waals surface area contributed by atoms with E-state index in [1.54, 1.807) is 6.07 Å². The Morgan fingerprint density at radius 1 is 0.186 bits per heavy atom. The molecule has 0 aliphatic rings. The Labute approximate surface area is 848 Å². The quantitative estimate of drug-likeness (QED) is 0.0850. The van der Waals surface area contributed by atoms with Crippen molar-refractivity contribution in [2.75, 3.05) is 0 Å². The summed E-state index contributed by atoms with van der Waals surface area (Å²) in [6.07, 6.45) is 0. The van der Waals surface area contributed by atoms with E-state index < -0.39 is 12.1 Å². The second-order valence-corrected chi connectivity index (χ2v) is 35.5. The molecule has 0 fully saturated rings. The maximum absolute atomic E-state index is 9.75. The molecular weight excluding hydrogens is 1770 g/mol. The number of rotatable bonds is 12. The van der Waals surface area contributed by atoms with E-state index in [-0.39, 0.29) is 138 Å². The van der Waals surface area contributed by atoms with Gasteiger partial charge in [-0.25, -0.2) is 44.7 Å². The first-order valence-corrected chi connectivity index (χ1v) is 47.4. The van der Waals surface area contributed by atoms with E-state index >= 15 is 0 Å². The number of furan rings is 3. The van der Waals surface area contributed by atoms with E-state index in [1.165, 1.54) is 32.3 Å². The van der Waals surface area contributed by atoms with Gasteiger partial charge in [0.2, 0.25) is 0 Å². The number of benzene rings is 23. The first-order valence-electron chi connectivity index (χ1n) is 53.4. The third-order valence-corrected chi connectivity index (χ3v) is 26.9. The van der Waals surface area contributed by atoms with Crippen molar-refractivity contribution in [2.45, 2.75) is 0 Å². The zero-order valence-electron chi connectivity index (χ0n) is 88.9. The molecule has 145 heavy (non-hydrogen) atoms. The molecule has 674 valence electrons. The minimum Gasteiger partial charge on any atom is -0.457 e. The molecule has 12 nitrogen and oxygen atoms in total. The summed E-state index contributed by atoms with van der Waals surface area (Å²) in [6, 6.07) is 131. The molecule has 0 aliphatic carbocycles. The number of hydrogen-bond acceptors (Lipinski definition) is 11. The Balaban J connectivity index is 0.000000114. The van der Waals surface area contributed by atoms with E-state index in [4.69, 9.17) is 69.3 Å². The topological polar surface area (TPSA) is 147 Å². The number of nitrogens with zero attached hydrogens (tertiary/aromatic N) is 9. The number of hydrogen-bond donors (Lipinski definition) is 0. The van der Waals surface area contributed by atoms with Crippen LogP contribution in [0, 0.1) is 6.57 Å². The van der Waals surface area contributed by atoms with Gasteiger partial charge in [-0.1, -0.05) is 394 Å². The Morgan fingerprint density at radius 2 is 0.503 bits per heavy atom. The normalized spacial score (nSPS) is 12.7. The standard InChI is InChI=1S/C46H26N4O.C46H28N2O.C41H25N3O/c1-47-32-26-40(46-49-44(28-12-4-2-5-13-28)48-45(50-46)29-14-6-3-7-15-29)43-39-25-31(21-23-41(39)51-42(43)27-32)30-20-22-37-35-18-9-8-16-33(35)34-17-10-11-19-36(34)38(37)24-30;1-3-12-29(13-4-1)41-28-42(30-14-5-2-6-15-30)48-46(47-41)38-20-11-21-44-45(38)40-27-32(23-25-43(40)49-44)31-22-24-37-35-18-8-7-16-33(35)34-17-9-10-19-36(34)39(37)26-31;1-3-11-27(12-4-1)39-42-40(28-13-5-2-6-14-28)44-41(43-39)34-16-9-17-37-38(34)35-25-30(21-23-36(35)45-37)29-20-22-33-31(24-29)19-18-26-10-7-8-15-32(26)33/h2-27H;1-28H;1-25H/i;11D,20D,21D,23D,25D,27D;9D,16D,17D,21D,23D,25D. The average molecular weight is 1860 g/mol. The van der Waals surface area contributed by atoms with Crippen LogP contribution >= 0.6 is 0 Å². The van der Waals surface area contributed by atoms with Crippen molar-refractivity contribution in [3.05, 3.63) is 490 Å². The van der Waals surface area contributed by atoms with Crippen LogP contribution in [0.25, 0.3) is 292 Å². The van der Waals surface area contributed by atoms with Crippen molar-refractivity contribution in [2.24, 2.45) is 0 Å². The van der Waals surface area contributed by atoms with Crippen molar-refractivity contribution in [3.63, 3.8) is 0 Å². The highest BCUT2D eigenvalue weighted by Gasteiger charge is 2.26. The summed E-state index contributed by atoms with van der Waals surface area (Å²) in [6.45, 7) is 7.92. The molecule has 0 N–H and O–H groups in total. The average Bonchev–Trinajstić information content (AvgIpc) is 1.56. The van der Waals surface area contributed by atoms with Crippen LogP contribution in [0.4, 0.5) is 5.69 Å². The molecule has 0 radical (unpaired) electrons. The van der Waals surface area contributed by atoms with Crippen molar-refractivity contribution in [3.8, 4) is 136 Å². The van der Waals surface area contributed by atoms with Gasteiger partial charge in [-0.2, -0.15) is 0 Å². The van der Waals surface area contributed by atoms with Crippen LogP contribution in [0.2, 0.25) is 0 Å². The number of aromatic nitrogens is 8. The van der Waals surface area contributed by atoms with Crippen LogP contribution in [0.5, 0.6) is 0 Å². The van der Waals surface area contributed by atoms with Crippen molar-refractivity contribution < 1.29 is 29.7 Å². The molecule has 0 amide bonds. The molecule has 0 bridgehead atoms. The first-order chi connectivity index (χ1) is 76.8. The van der Waals surface area contributed by atoms with Crippen LogP contribution in [0.1, 0.15) is 16.4 Å². The zero-order valence-corrected chi connectivity index (χ0v) is 76.9. The molecule has 12 heteroatoms. The van der Waals surface area contributed by atoms with Gasteiger partial charge in [0.1, 0.15) is 33.5 Å². The van der Waals surface area contributed by atoms with Gasteiger partial charge < -0.3 is 13.3 Å². The second kappa shape index (κ2) is 35.5. The molecule has 29 aromatic rings. The largest absolute Gasteiger partial charge is 0.457 e. The van der Waals surface area contributed by atoms with Gasteiger partial charge in [0.25, 0.3) is 0 Å². The number of fused-ring (bicyclic) bond motifs is 24. The molecule has 0 saturated heterocycles. The summed E-state index contributed by atoms with van der Waals surface area (Å²) in [4.78, 5) is 43.0.